The fourth-order valence-corrected chi connectivity index (χ4v) is 0. The molecule has 0 aliphatic heterocycles. The molecule has 0 saturated heterocycles. The molecule has 0 aromatic rings. The van der Waals surface area contributed by atoms with Crippen LogP contribution in [0.1, 0.15) is 0 Å². The van der Waals surface area contributed by atoms with Gasteiger partial charge in [-0.15, -0.1) is 0 Å². The molecule has 12 heavy (non-hydrogen) atoms. The first kappa shape index (κ1) is 76.1. The van der Waals surface area contributed by atoms with Crippen LogP contribution in [0.25, 0.3) is 0 Å². The molecule has 0 N–H and O–H groups in total. The summed E-state index contributed by atoms with van der Waals surface area (Å²) < 4.78 is 0. The van der Waals surface area contributed by atoms with E-state index in [0.29, 0.717) is 0 Å². The molecule has 0 aliphatic rings. The monoisotopic (exact) mass is 570 g/mol. The number of rotatable bonds is 0. The predicted octanol–water partition coefficient (Wildman–Crippen LogP) is 1.82. The smallest absolute Gasteiger partial charge is 0.696 e. The third kappa shape index (κ3) is 1320. The van der Waals surface area contributed by atoms with Crippen LogP contribution < -0.4 is 0 Å². The van der Waals surface area contributed by atoms with Crippen LogP contribution in [0, 0.1) is 51.0 Å². The third-order valence-corrected chi connectivity index (χ3v) is 0. The standard InChI is InChI=1S/2CHNS.4CH3.2Au/c2*2-1-3;;;;;;/h2*3H;4*1H3;;/q;;4*-1;2*+3/p-2. The van der Waals surface area contributed by atoms with Gasteiger partial charge in [0, 0.05) is 0 Å². The molecule has 0 aliphatic carbocycles. The Morgan fingerprint density at radius 3 is 0.667 bits per heavy atom. The number of nitriles is 2. The Hall–Kier alpha value is 0.901. The number of thiocyanates is 2. The summed E-state index contributed by atoms with van der Waals surface area (Å²) in [5, 5.41) is 16.9. The molecule has 0 aromatic carbocycles. The molecule has 0 saturated carbocycles. The molecule has 0 amide bonds. The van der Waals surface area contributed by atoms with Gasteiger partial charge in [-0.25, -0.2) is 10.5 Å². The predicted molar refractivity (Wildman–Crippen MR) is 51.6 cm³/mol. The maximum Gasteiger partial charge on any atom is 3.00 e. The second-order valence-corrected chi connectivity index (χ2v) is 0.548. The van der Waals surface area contributed by atoms with Crippen LogP contribution in [0.2, 0.25) is 0 Å². The molecule has 0 unspecified atom stereocenters. The van der Waals surface area contributed by atoms with Crippen molar-refractivity contribution in [2.24, 2.45) is 0 Å². The molecule has 80 valence electrons. The summed E-state index contributed by atoms with van der Waals surface area (Å²) in [5.41, 5.74) is 0. The summed E-state index contributed by atoms with van der Waals surface area (Å²) in [7, 11) is 0. The Kier molecular flexibility index (Phi) is 1070. The molecule has 0 rings (SSSR count). The molecule has 0 atom stereocenters. The Labute approximate surface area is 120 Å². The minimum atomic E-state index is 0. The molecular formula is C6H12Au2N2S2. The average Bonchev–Trinajstić information content (AvgIpc) is 1.39. The number of hydrogen-bond donors (Lipinski definition) is 0. The van der Waals surface area contributed by atoms with Gasteiger partial charge in [0.05, 0.1) is 0 Å². The second kappa shape index (κ2) is 168. The second-order valence-electron chi connectivity index (χ2n) is 0.183. The minimum absolute atomic E-state index is 0. The number of nitrogens with zero attached hydrogens (tertiary/aromatic N) is 2. The molecular weight excluding hydrogens is 558 g/mol. The summed E-state index contributed by atoms with van der Waals surface area (Å²) in [6, 6.07) is 0. The summed E-state index contributed by atoms with van der Waals surface area (Å²) >= 11 is 7.40. The van der Waals surface area contributed by atoms with E-state index in [9.17, 15) is 0 Å². The van der Waals surface area contributed by atoms with Crippen molar-refractivity contribution in [3.8, 4) is 10.8 Å². The Bertz CT molecular complexity index is 76.5. The maximum absolute atomic E-state index is 7.13. The van der Waals surface area contributed by atoms with Crippen molar-refractivity contribution in [3.63, 3.8) is 0 Å². The minimum Gasteiger partial charge on any atom is -0.696 e. The summed E-state index contributed by atoms with van der Waals surface area (Å²) in [6.07, 6.45) is 0. The first-order valence-corrected chi connectivity index (χ1v) is 1.67. The Morgan fingerprint density at radius 1 is 0.667 bits per heavy atom. The average molecular weight is 570 g/mol. The van der Waals surface area contributed by atoms with E-state index in [2.05, 4.69) is 25.3 Å². The van der Waals surface area contributed by atoms with Gasteiger partial charge in [-0.2, -0.15) is 0 Å². The van der Waals surface area contributed by atoms with Crippen molar-refractivity contribution in [2.45, 2.75) is 0 Å². The van der Waals surface area contributed by atoms with Crippen molar-refractivity contribution in [2.75, 3.05) is 0 Å². The SMILES string of the molecule is N#C[S-].N#C[S-].[Au+3].[Au+3].[CH3-].[CH3-].[CH3-].[CH3-]. The third-order valence-electron chi connectivity index (χ3n) is 0. The van der Waals surface area contributed by atoms with Gasteiger partial charge in [-0.1, -0.05) is 10.8 Å². The van der Waals surface area contributed by atoms with Crippen molar-refractivity contribution in [1.82, 2.24) is 0 Å². The largest absolute Gasteiger partial charge is 3.00 e. The molecule has 0 heterocycles. The van der Waals surface area contributed by atoms with Gasteiger partial charge in [-0.3, -0.25) is 0 Å². The van der Waals surface area contributed by atoms with Crippen LogP contribution >= 0.6 is 0 Å². The molecule has 0 bridgehead atoms. The number of hydrogen-bond acceptors (Lipinski definition) is 4. The molecule has 0 spiro atoms. The Morgan fingerprint density at radius 2 is 0.667 bits per heavy atom. The fourth-order valence-electron chi connectivity index (χ4n) is 0. The van der Waals surface area contributed by atoms with Crippen molar-refractivity contribution in [3.05, 3.63) is 29.7 Å². The molecule has 0 fully saturated rings. The van der Waals surface area contributed by atoms with Gasteiger partial charge in [-0.05, 0) is 0 Å². The van der Waals surface area contributed by atoms with Crippen molar-refractivity contribution in [1.29, 1.82) is 10.5 Å². The van der Waals surface area contributed by atoms with E-state index < -0.39 is 0 Å². The topological polar surface area (TPSA) is 47.6 Å². The summed E-state index contributed by atoms with van der Waals surface area (Å²) in [6.45, 7) is 0. The maximum atomic E-state index is 7.13. The van der Waals surface area contributed by atoms with Gasteiger partial charge < -0.3 is 55.0 Å². The van der Waals surface area contributed by atoms with E-state index in [1.54, 1.807) is 0 Å². The van der Waals surface area contributed by atoms with Crippen LogP contribution in [-0.4, -0.2) is 0 Å². The van der Waals surface area contributed by atoms with E-state index in [1.807, 2.05) is 0 Å². The molecule has 6 heteroatoms. The van der Waals surface area contributed by atoms with Crippen LogP contribution in [0.3, 0.4) is 0 Å². The summed E-state index contributed by atoms with van der Waals surface area (Å²) in [4.78, 5) is 0. The molecule has 2 nitrogen and oxygen atoms in total. The first-order chi connectivity index (χ1) is 2.83. The van der Waals surface area contributed by atoms with Crippen LogP contribution in [-0.2, 0) is 70.0 Å². The fraction of sp³-hybridized carbons (Fsp3) is 0. The van der Waals surface area contributed by atoms with Crippen LogP contribution in [0.5, 0.6) is 0 Å². The van der Waals surface area contributed by atoms with E-state index in [-0.39, 0.29) is 74.5 Å². The van der Waals surface area contributed by atoms with Crippen molar-refractivity contribution < 1.29 is 44.8 Å². The van der Waals surface area contributed by atoms with Gasteiger partial charge >= 0.3 is 44.8 Å². The first-order valence-electron chi connectivity index (χ1n) is 0.855. The normalized spacial score (nSPS) is 1.17. The Balaban J connectivity index is -0.00000000296. The zero-order valence-electron chi connectivity index (χ0n) is 7.31. The van der Waals surface area contributed by atoms with Crippen LogP contribution in [0.4, 0.5) is 0 Å². The van der Waals surface area contributed by atoms with Crippen molar-refractivity contribution >= 4 is 25.3 Å². The van der Waals surface area contributed by atoms with Gasteiger partial charge in [0.2, 0.25) is 0 Å². The van der Waals surface area contributed by atoms with E-state index in [0.717, 1.165) is 0 Å². The summed E-state index contributed by atoms with van der Waals surface area (Å²) in [5.74, 6) is 0. The van der Waals surface area contributed by atoms with Gasteiger partial charge in [0.25, 0.3) is 0 Å². The van der Waals surface area contributed by atoms with E-state index in [1.165, 1.54) is 10.8 Å². The molecule has 0 radical (unpaired) electrons. The van der Waals surface area contributed by atoms with Crippen LogP contribution in [0.15, 0.2) is 0 Å². The molecule has 0 aromatic heterocycles. The zero-order valence-corrected chi connectivity index (χ0v) is 13.3. The van der Waals surface area contributed by atoms with Gasteiger partial charge in [0.1, 0.15) is 0 Å². The van der Waals surface area contributed by atoms with E-state index >= 15 is 0 Å². The van der Waals surface area contributed by atoms with Gasteiger partial charge in [0.15, 0.2) is 0 Å². The van der Waals surface area contributed by atoms with E-state index in [4.69, 9.17) is 10.5 Å². The quantitative estimate of drug-likeness (QED) is 0.193. The zero-order chi connectivity index (χ0) is 5.41.